The highest BCUT2D eigenvalue weighted by molar-refractivity contribution is 9.10. The van der Waals surface area contributed by atoms with Crippen molar-refractivity contribution in [3.8, 4) is 5.88 Å². The van der Waals surface area contributed by atoms with E-state index in [0.29, 0.717) is 35.6 Å². The van der Waals surface area contributed by atoms with E-state index in [2.05, 4.69) is 37.7 Å². The number of carbonyl (C=O) groups excluding carboxylic acids is 1. The predicted molar refractivity (Wildman–Crippen MR) is 114 cm³/mol. The van der Waals surface area contributed by atoms with Gasteiger partial charge in [0.05, 0.1) is 18.3 Å². The summed E-state index contributed by atoms with van der Waals surface area (Å²) in [6.45, 7) is 5.66. The Balaban J connectivity index is 1.85. The van der Waals surface area contributed by atoms with Crippen LogP contribution >= 0.6 is 15.9 Å². The van der Waals surface area contributed by atoms with Crippen LogP contribution in [-0.4, -0.2) is 69.7 Å². The number of nitrogens with zero attached hydrogens (tertiary/aromatic N) is 4. The van der Waals surface area contributed by atoms with Crippen LogP contribution in [0.3, 0.4) is 0 Å². The van der Waals surface area contributed by atoms with Crippen molar-refractivity contribution in [2.75, 3.05) is 26.7 Å². The summed E-state index contributed by atoms with van der Waals surface area (Å²) in [7, 11) is 2.03. The van der Waals surface area contributed by atoms with Crippen molar-refractivity contribution in [3.63, 3.8) is 0 Å². The van der Waals surface area contributed by atoms with E-state index in [1.165, 1.54) is 0 Å². The van der Waals surface area contributed by atoms with E-state index in [-0.39, 0.29) is 30.6 Å². The first-order valence-corrected chi connectivity index (χ1v) is 10.5. The summed E-state index contributed by atoms with van der Waals surface area (Å²) in [4.78, 5) is 25.7. The van der Waals surface area contributed by atoms with Gasteiger partial charge in [0, 0.05) is 42.4 Å². The lowest BCUT2D eigenvalue weighted by Crippen LogP contribution is -2.49. The molecule has 0 spiro atoms. The fourth-order valence-corrected chi connectivity index (χ4v) is 3.77. The number of halogens is 1. The average molecular weight is 463 g/mol. The van der Waals surface area contributed by atoms with Crippen molar-refractivity contribution >= 4 is 21.8 Å². The molecular weight excluding hydrogens is 436 g/mol. The third-order valence-electron chi connectivity index (χ3n) is 5.14. The summed E-state index contributed by atoms with van der Waals surface area (Å²) in [5.41, 5.74) is 1.39. The molecule has 156 valence electrons. The molecule has 2 aromatic rings. The summed E-state index contributed by atoms with van der Waals surface area (Å²) >= 11 is 3.39. The monoisotopic (exact) mass is 462 g/mol. The fraction of sp³-hybridized carbons (Fsp3) is 0.476. The van der Waals surface area contributed by atoms with Crippen molar-refractivity contribution in [3.05, 3.63) is 52.4 Å². The molecule has 0 fully saturated rings. The highest BCUT2D eigenvalue weighted by Crippen LogP contribution is 2.28. The average Bonchev–Trinajstić information content (AvgIpc) is 2.71. The molecule has 0 saturated heterocycles. The number of pyridine rings is 2. The van der Waals surface area contributed by atoms with Gasteiger partial charge in [-0.3, -0.25) is 14.7 Å². The fourth-order valence-electron chi connectivity index (χ4n) is 3.43. The molecule has 1 aliphatic rings. The van der Waals surface area contributed by atoms with E-state index in [1.807, 2.05) is 32.2 Å². The Kier molecular flexibility index (Phi) is 7.21. The predicted octanol–water partition coefficient (Wildman–Crippen LogP) is 2.59. The number of rotatable bonds is 6. The molecule has 0 bridgehead atoms. The minimum Gasteiger partial charge on any atom is -0.472 e. The molecule has 0 aromatic carbocycles. The van der Waals surface area contributed by atoms with Crippen LogP contribution in [0.2, 0.25) is 0 Å². The van der Waals surface area contributed by atoms with E-state index in [4.69, 9.17) is 4.74 Å². The highest BCUT2D eigenvalue weighted by atomic mass is 79.9. The summed E-state index contributed by atoms with van der Waals surface area (Å²) in [6, 6.07) is 7.31. The number of carbonyl (C=O) groups is 1. The van der Waals surface area contributed by atoms with Crippen molar-refractivity contribution in [1.82, 2.24) is 19.8 Å². The first kappa shape index (κ1) is 21.7. The van der Waals surface area contributed by atoms with Gasteiger partial charge in [-0.15, -0.1) is 0 Å². The number of aromatic nitrogens is 2. The lowest BCUT2D eigenvalue weighted by atomic mass is 10.00. The number of ether oxygens (including phenoxy) is 1. The molecule has 1 N–H and O–H groups in total. The summed E-state index contributed by atoms with van der Waals surface area (Å²) in [6.07, 6.45) is 3.25. The molecule has 0 saturated carbocycles. The molecule has 0 radical (unpaired) electrons. The van der Waals surface area contributed by atoms with Gasteiger partial charge in [-0.1, -0.05) is 13.0 Å². The lowest BCUT2D eigenvalue weighted by molar-refractivity contribution is 0.0324. The van der Waals surface area contributed by atoms with Crippen LogP contribution in [0.25, 0.3) is 0 Å². The molecule has 3 rings (SSSR count). The molecule has 0 aliphatic carbocycles. The van der Waals surface area contributed by atoms with Crippen LogP contribution in [0.4, 0.5) is 0 Å². The lowest BCUT2D eigenvalue weighted by Gasteiger charge is -2.37. The van der Waals surface area contributed by atoms with Crippen molar-refractivity contribution in [2.45, 2.75) is 32.5 Å². The third-order valence-corrected chi connectivity index (χ3v) is 5.57. The maximum atomic E-state index is 13.1. The van der Waals surface area contributed by atoms with Crippen LogP contribution in [0.5, 0.6) is 5.88 Å². The van der Waals surface area contributed by atoms with Gasteiger partial charge in [0.25, 0.3) is 5.91 Å². The van der Waals surface area contributed by atoms with E-state index < -0.39 is 0 Å². The number of fused-ring (bicyclic) bond motifs is 1. The summed E-state index contributed by atoms with van der Waals surface area (Å²) < 4.78 is 6.95. The highest BCUT2D eigenvalue weighted by Gasteiger charge is 2.34. The Morgan fingerprint density at radius 1 is 1.41 bits per heavy atom. The van der Waals surface area contributed by atoms with Crippen LogP contribution < -0.4 is 4.74 Å². The van der Waals surface area contributed by atoms with Gasteiger partial charge in [0.1, 0.15) is 11.7 Å². The summed E-state index contributed by atoms with van der Waals surface area (Å²) in [5.74, 6) is 0.205. The number of hydrogen-bond acceptors (Lipinski definition) is 6. The zero-order valence-electron chi connectivity index (χ0n) is 17.0. The van der Waals surface area contributed by atoms with Gasteiger partial charge in [-0.25, -0.2) is 4.98 Å². The van der Waals surface area contributed by atoms with Crippen LogP contribution in [-0.2, 0) is 6.54 Å². The molecule has 3 atom stereocenters. The third kappa shape index (κ3) is 5.32. The Bertz CT molecular complexity index is 836. The smallest absolute Gasteiger partial charge is 0.259 e. The molecule has 1 amide bonds. The SMILES string of the molecule is C[C@H]1CN([C@@H](C)CO)C(=O)c2cc(Br)cnc2O[C@H]1CN(C)Cc1ccccn1. The maximum absolute atomic E-state index is 13.1. The van der Waals surface area contributed by atoms with Gasteiger partial charge in [-0.2, -0.15) is 0 Å². The number of aliphatic hydroxyl groups is 1. The van der Waals surface area contributed by atoms with Crippen LogP contribution in [0, 0.1) is 5.92 Å². The van der Waals surface area contributed by atoms with Crippen molar-refractivity contribution in [1.29, 1.82) is 0 Å². The van der Waals surface area contributed by atoms with Gasteiger partial charge >= 0.3 is 0 Å². The largest absolute Gasteiger partial charge is 0.472 e. The first-order chi connectivity index (χ1) is 13.9. The van der Waals surface area contributed by atoms with Crippen molar-refractivity contribution < 1.29 is 14.6 Å². The Labute approximate surface area is 179 Å². The van der Waals surface area contributed by atoms with Crippen LogP contribution in [0.1, 0.15) is 29.9 Å². The zero-order chi connectivity index (χ0) is 21.0. The van der Waals surface area contributed by atoms with E-state index in [9.17, 15) is 9.90 Å². The molecule has 3 heterocycles. The second-order valence-corrected chi connectivity index (χ2v) is 8.56. The minimum absolute atomic E-state index is 0.0535. The normalized spacial score (nSPS) is 20.6. The second-order valence-electron chi connectivity index (χ2n) is 7.65. The molecule has 29 heavy (non-hydrogen) atoms. The topological polar surface area (TPSA) is 78.8 Å². The maximum Gasteiger partial charge on any atom is 0.259 e. The second kappa shape index (κ2) is 9.65. The number of likely N-dealkylation sites (N-methyl/N-ethyl adjacent to an activating group) is 1. The van der Waals surface area contributed by atoms with Gasteiger partial charge in [-0.05, 0) is 48.1 Å². The Hall–Kier alpha value is -2.03. The Morgan fingerprint density at radius 2 is 2.21 bits per heavy atom. The zero-order valence-corrected chi connectivity index (χ0v) is 18.5. The van der Waals surface area contributed by atoms with Gasteiger partial charge < -0.3 is 14.7 Å². The number of amides is 1. The minimum atomic E-state index is -0.290. The first-order valence-electron chi connectivity index (χ1n) is 9.71. The van der Waals surface area contributed by atoms with Gasteiger partial charge in [0.2, 0.25) is 5.88 Å². The van der Waals surface area contributed by atoms with Crippen molar-refractivity contribution in [2.24, 2.45) is 5.92 Å². The van der Waals surface area contributed by atoms with E-state index >= 15 is 0 Å². The molecule has 2 aromatic heterocycles. The van der Waals surface area contributed by atoms with Crippen LogP contribution in [0.15, 0.2) is 41.1 Å². The Morgan fingerprint density at radius 3 is 2.90 bits per heavy atom. The standard InChI is InChI=1S/C21H27BrN4O3/c1-14-10-26(15(2)13-27)21(28)18-8-16(22)9-24-20(18)29-19(14)12-25(3)11-17-6-4-5-7-23-17/h4-9,14-15,19,27H,10-13H2,1-3H3/t14-,15-,19-/m0/s1. The molecule has 0 unspecified atom stereocenters. The quantitative estimate of drug-likeness (QED) is 0.710. The molecular formula is C21H27BrN4O3. The molecule has 7 nitrogen and oxygen atoms in total. The van der Waals surface area contributed by atoms with E-state index in [0.717, 1.165) is 5.69 Å². The number of hydrogen-bond donors (Lipinski definition) is 1. The summed E-state index contributed by atoms with van der Waals surface area (Å²) in [5, 5.41) is 9.67. The molecule has 8 heteroatoms. The molecule has 1 aliphatic heterocycles. The van der Waals surface area contributed by atoms with E-state index in [1.54, 1.807) is 23.4 Å². The van der Waals surface area contributed by atoms with Gasteiger partial charge in [0.15, 0.2) is 0 Å². The number of aliphatic hydroxyl groups excluding tert-OH is 1.